The van der Waals surface area contributed by atoms with Crippen molar-refractivity contribution in [1.29, 1.82) is 0 Å². The first-order valence-electron chi connectivity index (χ1n) is 7.01. The van der Waals surface area contributed by atoms with Crippen LogP contribution in [0.4, 0.5) is 11.4 Å². The molecule has 2 aromatic rings. The van der Waals surface area contributed by atoms with E-state index >= 15 is 0 Å². The number of nitrogens with zero attached hydrogens (tertiary/aromatic N) is 3. The number of hydrogen-bond acceptors (Lipinski definition) is 5. The zero-order chi connectivity index (χ0) is 17.9. The molecule has 0 spiro atoms. The van der Waals surface area contributed by atoms with E-state index in [4.69, 9.17) is 0 Å². The lowest BCUT2D eigenvalue weighted by Gasteiger charge is -2.21. The average Bonchev–Trinajstić information content (AvgIpc) is 2.55. The zero-order valence-electron chi connectivity index (χ0n) is 13.1. The van der Waals surface area contributed by atoms with E-state index in [1.165, 1.54) is 47.4 Å². The summed E-state index contributed by atoms with van der Waals surface area (Å²) in [6, 6.07) is 11.4. The number of nitro groups is 2. The summed E-state index contributed by atoms with van der Waals surface area (Å²) in [5.74, 6) is -1.05. The van der Waals surface area contributed by atoms with Gasteiger partial charge in [0.15, 0.2) is 0 Å². The Morgan fingerprint density at radius 3 is 2.00 bits per heavy atom. The number of likely N-dealkylation sites (N-methyl/N-ethyl adjacent to an activating group) is 1. The van der Waals surface area contributed by atoms with Gasteiger partial charge in [0.2, 0.25) is 5.91 Å². The largest absolute Gasteiger partial charge is 0.348 e. The van der Waals surface area contributed by atoms with Gasteiger partial charge in [-0.15, -0.1) is 0 Å². The highest BCUT2D eigenvalue weighted by Gasteiger charge is 2.26. The minimum Gasteiger partial charge on any atom is -0.348 e. The van der Waals surface area contributed by atoms with E-state index < -0.39 is 15.8 Å². The van der Waals surface area contributed by atoms with Crippen molar-refractivity contribution in [3.05, 3.63) is 79.9 Å². The van der Waals surface area contributed by atoms with Crippen molar-refractivity contribution in [2.24, 2.45) is 0 Å². The van der Waals surface area contributed by atoms with Crippen molar-refractivity contribution in [2.45, 2.75) is 5.92 Å². The van der Waals surface area contributed by atoms with Crippen LogP contribution >= 0.6 is 0 Å². The lowest BCUT2D eigenvalue weighted by Crippen LogP contribution is -2.29. The molecule has 1 unspecified atom stereocenters. The van der Waals surface area contributed by atoms with Gasteiger partial charge in [0.05, 0.1) is 15.8 Å². The van der Waals surface area contributed by atoms with Crippen molar-refractivity contribution < 1.29 is 14.6 Å². The molecule has 0 aromatic heterocycles. The van der Waals surface area contributed by atoms with Crippen LogP contribution in [0.15, 0.2) is 48.5 Å². The summed E-state index contributed by atoms with van der Waals surface area (Å²) >= 11 is 0. The number of amides is 1. The highest BCUT2D eigenvalue weighted by atomic mass is 16.6. The Morgan fingerprint density at radius 2 is 1.50 bits per heavy atom. The average molecular weight is 329 g/mol. The second-order valence-corrected chi connectivity index (χ2v) is 5.37. The molecule has 2 aromatic carbocycles. The van der Waals surface area contributed by atoms with Gasteiger partial charge in [-0.25, -0.2) is 0 Å². The van der Waals surface area contributed by atoms with Crippen LogP contribution in [-0.4, -0.2) is 34.7 Å². The number of rotatable bonds is 5. The lowest BCUT2D eigenvalue weighted by atomic mass is 9.89. The van der Waals surface area contributed by atoms with Crippen molar-refractivity contribution in [3.63, 3.8) is 0 Å². The molecule has 2 rings (SSSR count). The van der Waals surface area contributed by atoms with Crippen LogP contribution < -0.4 is 0 Å². The van der Waals surface area contributed by atoms with Gasteiger partial charge in [-0.2, -0.15) is 0 Å². The van der Waals surface area contributed by atoms with Crippen LogP contribution in [0.1, 0.15) is 17.0 Å². The minimum absolute atomic E-state index is 0.0890. The topological polar surface area (TPSA) is 107 Å². The Hall–Kier alpha value is -3.29. The second kappa shape index (κ2) is 6.86. The van der Waals surface area contributed by atoms with Crippen molar-refractivity contribution in [2.75, 3.05) is 14.1 Å². The number of benzene rings is 2. The molecule has 0 bridgehead atoms. The predicted octanol–water partition coefficient (Wildman–Crippen LogP) is 2.72. The summed E-state index contributed by atoms with van der Waals surface area (Å²) in [5, 5.41) is 21.7. The quantitative estimate of drug-likeness (QED) is 0.619. The first-order valence-corrected chi connectivity index (χ1v) is 7.01. The van der Waals surface area contributed by atoms with Gasteiger partial charge in [0.25, 0.3) is 11.4 Å². The normalized spacial score (nSPS) is 11.6. The highest BCUT2D eigenvalue weighted by Crippen LogP contribution is 2.30. The first kappa shape index (κ1) is 17.1. The van der Waals surface area contributed by atoms with E-state index in [1.54, 1.807) is 20.2 Å². The maximum atomic E-state index is 12.6. The van der Waals surface area contributed by atoms with Crippen molar-refractivity contribution >= 4 is 17.3 Å². The molecule has 0 radical (unpaired) electrons. The molecule has 8 heteroatoms. The smallest absolute Gasteiger partial charge is 0.269 e. The van der Waals surface area contributed by atoms with Crippen LogP contribution in [-0.2, 0) is 4.79 Å². The summed E-state index contributed by atoms with van der Waals surface area (Å²) in [5.41, 5.74) is 0.774. The Labute approximate surface area is 137 Å². The van der Waals surface area contributed by atoms with Gasteiger partial charge < -0.3 is 4.90 Å². The Bertz CT molecular complexity index is 787. The van der Waals surface area contributed by atoms with Gasteiger partial charge in [-0.1, -0.05) is 24.3 Å². The molecule has 1 amide bonds. The monoisotopic (exact) mass is 329 g/mol. The molecule has 0 aliphatic rings. The van der Waals surface area contributed by atoms with E-state index in [0.29, 0.717) is 11.1 Å². The van der Waals surface area contributed by atoms with Crippen LogP contribution in [0.5, 0.6) is 0 Å². The fraction of sp³-hybridized carbons (Fsp3) is 0.188. The van der Waals surface area contributed by atoms with E-state index in [9.17, 15) is 25.0 Å². The van der Waals surface area contributed by atoms with E-state index in [2.05, 4.69) is 0 Å². The van der Waals surface area contributed by atoms with E-state index in [0.717, 1.165) is 0 Å². The molecule has 0 fully saturated rings. The van der Waals surface area contributed by atoms with Gasteiger partial charge in [-0.3, -0.25) is 25.0 Å². The molecule has 0 N–H and O–H groups in total. The molecule has 24 heavy (non-hydrogen) atoms. The highest BCUT2D eigenvalue weighted by molar-refractivity contribution is 5.87. The Balaban J connectivity index is 2.53. The number of carbonyl (C=O) groups is 1. The molecule has 0 aliphatic carbocycles. The summed E-state index contributed by atoms with van der Waals surface area (Å²) in [4.78, 5) is 34.6. The van der Waals surface area contributed by atoms with Gasteiger partial charge in [-0.05, 0) is 11.1 Å². The fourth-order valence-electron chi connectivity index (χ4n) is 2.34. The van der Waals surface area contributed by atoms with Crippen LogP contribution in [0.3, 0.4) is 0 Å². The van der Waals surface area contributed by atoms with Crippen LogP contribution in [0.25, 0.3) is 0 Å². The Kier molecular flexibility index (Phi) is 4.88. The van der Waals surface area contributed by atoms with Gasteiger partial charge in [0, 0.05) is 38.4 Å². The number of nitro benzene ring substituents is 2. The maximum absolute atomic E-state index is 12.6. The SMILES string of the molecule is CN(C)C(=O)C(c1ccc([N+](=O)[O-])cc1)c1cccc([N+](=O)[O-])c1. The second-order valence-electron chi connectivity index (χ2n) is 5.37. The van der Waals surface area contributed by atoms with Crippen molar-refractivity contribution in [1.82, 2.24) is 4.90 Å². The van der Waals surface area contributed by atoms with E-state index in [-0.39, 0.29) is 17.3 Å². The molecular formula is C16H15N3O5. The molecule has 124 valence electrons. The zero-order valence-corrected chi connectivity index (χ0v) is 13.1. The van der Waals surface area contributed by atoms with Crippen LogP contribution in [0.2, 0.25) is 0 Å². The van der Waals surface area contributed by atoms with Crippen molar-refractivity contribution in [3.8, 4) is 0 Å². The third kappa shape index (κ3) is 3.54. The maximum Gasteiger partial charge on any atom is 0.269 e. The third-order valence-corrected chi connectivity index (χ3v) is 3.54. The number of carbonyl (C=O) groups excluding carboxylic acids is 1. The molecule has 1 atom stereocenters. The lowest BCUT2D eigenvalue weighted by molar-refractivity contribution is -0.385. The molecule has 0 saturated carbocycles. The van der Waals surface area contributed by atoms with E-state index in [1.807, 2.05) is 0 Å². The number of non-ortho nitro benzene ring substituents is 2. The molecule has 8 nitrogen and oxygen atoms in total. The molecule has 0 aliphatic heterocycles. The molecule has 0 saturated heterocycles. The van der Waals surface area contributed by atoms with Crippen LogP contribution in [0, 0.1) is 20.2 Å². The number of hydrogen-bond donors (Lipinski definition) is 0. The summed E-state index contributed by atoms with van der Waals surface area (Å²) in [6.45, 7) is 0. The summed E-state index contributed by atoms with van der Waals surface area (Å²) in [6.07, 6.45) is 0. The third-order valence-electron chi connectivity index (χ3n) is 3.54. The van der Waals surface area contributed by atoms with Gasteiger partial charge >= 0.3 is 0 Å². The Morgan fingerprint density at radius 1 is 0.917 bits per heavy atom. The summed E-state index contributed by atoms with van der Waals surface area (Å²) < 4.78 is 0. The van der Waals surface area contributed by atoms with Gasteiger partial charge in [0.1, 0.15) is 0 Å². The summed E-state index contributed by atoms with van der Waals surface area (Å²) in [7, 11) is 3.16. The molecular weight excluding hydrogens is 314 g/mol. The minimum atomic E-state index is -0.777. The first-order chi connectivity index (χ1) is 11.3. The standard InChI is InChI=1S/C16H15N3O5/c1-17(2)16(20)15(11-6-8-13(9-7-11)18(21)22)12-4-3-5-14(10-12)19(23)24/h3-10,15H,1-2H3. The molecule has 0 heterocycles. The predicted molar refractivity (Wildman–Crippen MR) is 86.7 cm³/mol. The fourth-order valence-corrected chi connectivity index (χ4v) is 2.34.